The molecule has 1 aromatic carbocycles. The van der Waals surface area contributed by atoms with Gasteiger partial charge in [-0.2, -0.15) is 0 Å². The Morgan fingerprint density at radius 2 is 2.20 bits per heavy atom. The van der Waals surface area contributed by atoms with Crippen LogP contribution in [0, 0.1) is 0 Å². The van der Waals surface area contributed by atoms with E-state index in [0.717, 1.165) is 17.5 Å². The summed E-state index contributed by atoms with van der Waals surface area (Å²) in [7, 11) is 1.89. The molecule has 15 heavy (non-hydrogen) atoms. The number of aliphatic hydroxyl groups is 1. The maximum absolute atomic E-state index is 10.7. The lowest BCUT2D eigenvalue weighted by molar-refractivity contribution is 0.112. The van der Waals surface area contributed by atoms with E-state index in [1.54, 1.807) is 12.1 Å². The number of likely N-dealkylation sites (N-methyl/N-ethyl adjacent to an activating group) is 1. The van der Waals surface area contributed by atoms with E-state index in [1.807, 2.05) is 24.1 Å². The summed E-state index contributed by atoms with van der Waals surface area (Å²) in [6, 6.07) is 5.49. The molecule has 3 nitrogen and oxygen atoms in total. The summed E-state index contributed by atoms with van der Waals surface area (Å²) in [5, 5.41) is 8.81. The monoisotopic (exact) mass is 205 g/mol. The van der Waals surface area contributed by atoms with E-state index in [9.17, 15) is 4.79 Å². The van der Waals surface area contributed by atoms with Crippen molar-refractivity contribution < 1.29 is 9.90 Å². The summed E-state index contributed by atoms with van der Waals surface area (Å²) in [6.45, 7) is 4.33. The fraction of sp³-hybridized carbons (Fsp3) is 0.250. The molecule has 1 rings (SSSR count). The van der Waals surface area contributed by atoms with E-state index in [1.165, 1.54) is 0 Å². The number of aliphatic hydroxyl groups excluding tert-OH is 1. The standard InChI is InChI=1S/C12H15NO2/c1-3-10-8-12(13(2)6-7-14)5-4-11(10)9-15/h3-5,8-9,14H,1,6-7H2,2H3. The molecule has 0 aliphatic heterocycles. The Kier molecular flexibility index (Phi) is 4.06. The first-order valence-corrected chi connectivity index (χ1v) is 4.76. The van der Waals surface area contributed by atoms with E-state index in [0.29, 0.717) is 12.1 Å². The Hall–Kier alpha value is -1.61. The van der Waals surface area contributed by atoms with Gasteiger partial charge >= 0.3 is 0 Å². The van der Waals surface area contributed by atoms with Gasteiger partial charge < -0.3 is 10.0 Å². The smallest absolute Gasteiger partial charge is 0.150 e. The molecule has 0 aromatic heterocycles. The van der Waals surface area contributed by atoms with Gasteiger partial charge in [0.15, 0.2) is 6.29 Å². The number of benzene rings is 1. The molecule has 3 heteroatoms. The van der Waals surface area contributed by atoms with Crippen molar-refractivity contribution in [2.75, 3.05) is 25.1 Å². The first-order valence-electron chi connectivity index (χ1n) is 4.76. The van der Waals surface area contributed by atoms with E-state index in [-0.39, 0.29) is 6.61 Å². The van der Waals surface area contributed by atoms with Gasteiger partial charge in [0.25, 0.3) is 0 Å². The van der Waals surface area contributed by atoms with Gasteiger partial charge in [0, 0.05) is 24.8 Å². The van der Waals surface area contributed by atoms with Gasteiger partial charge in [-0.3, -0.25) is 4.79 Å². The van der Waals surface area contributed by atoms with Crippen molar-refractivity contribution in [1.29, 1.82) is 0 Å². The molecule has 0 atom stereocenters. The van der Waals surface area contributed by atoms with Crippen LogP contribution in [0.15, 0.2) is 24.8 Å². The number of rotatable bonds is 5. The fourth-order valence-corrected chi connectivity index (χ4v) is 1.36. The molecule has 0 fully saturated rings. The molecule has 0 unspecified atom stereocenters. The normalized spacial score (nSPS) is 9.73. The predicted octanol–water partition coefficient (Wildman–Crippen LogP) is 1.57. The zero-order valence-corrected chi connectivity index (χ0v) is 8.81. The molecule has 0 spiro atoms. The van der Waals surface area contributed by atoms with Crippen molar-refractivity contribution in [3.05, 3.63) is 35.9 Å². The van der Waals surface area contributed by atoms with Crippen LogP contribution in [-0.2, 0) is 0 Å². The molecule has 1 aromatic rings. The van der Waals surface area contributed by atoms with Gasteiger partial charge in [-0.1, -0.05) is 12.7 Å². The topological polar surface area (TPSA) is 40.5 Å². The summed E-state index contributed by atoms with van der Waals surface area (Å²) in [4.78, 5) is 12.6. The quantitative estimate of drug-likeness (QED) is 0.742. The number of nitrogens with zero attached hydrogens (tertiary/aromatic N) is 1. The molecular weight excluding hydrogens is 190 g/mol. The second kappa shape index (κ2) is 5.32. The van der Waals surface area contributed by atoms with Crippen LogP contribution in [0.1, 0.15) is 15.9 Å². The highest BCUT2D eigenvalue weighted by molar-refractivity contribution is 5.83. The third-order valence-electron chi connectivity index (χ3n) is 2.29. The predicted molar refractivity (Wildman–Crippen MR) is 62.3 cm³/mol. The molecule has 0 saturated carbocycles. The van der Waals surface area contributed by atoms with Crippen LogP contribution >= 0.6 is 0 Å². The van der Waals surface area contributed by atoms with Crippen molar-refractivity contribution in [1.82, 2.24) is 0 Å². The Morgan fingerprint density at radius 3 is 2.73 bits per heavy atom. The van der Waals surface area contributed by atoms with Crippen molar-refractivity contribution in [2.45, 2.75) is 0 Å². The Labute approximate surface area is 89.6 Å². The van der Waals surface area contributed by atoms with Crippen molar-refractivity contribution in [3.8, 4) is 0 Å². The third kappa shape index (κ3) is 2.67. The number of hydrogen-bond donors (Lipinski definition) is 1. The molecule has 0 bridgehead atoms. The zero-order valence-electron chi connectivity index (χ0n) is 8.81. The maximum Gasteiger partial charge on any atom is 0.150 e. The minimum atomic E-state index is 0.107. The number of carbonyl (C=O) groups is 1. The lowest BCUT2D eigenvalue weighted by atomic mass is 10.1. The molecule has 0 heterocycles. The fourth-order valence-electron chi connectivity index (χ4n) is 1.36. The van der Waals surface area contributed by atoms with Crippen molar-refractivity contribution in [3.63, 3.8) is 0 Å². The minimum Gasteiger partial charge on any atom is -0.395 e. The van der Waals surface area contributed by atoms with Gasteiger partial charge in [0.05, 0.1) is 6.61 Å². The number of hydrogen-bond acceptors (Lipinski definition) is 3. The zero-order chi connectivity index (χ0) is 11.3. The molecule has 1 N–H and O–H groups in total. The van der Waals surface area contributed by atoms with E-state index in [2.05, 4.69) is 6.58 Å². The van der Waals surface area contributed by atoms with Crippen LogP contribution < -0.4 is 4.90 Å². The van der Waals surface area contributed by atoms with Crippen LogP contribution in [-0.4, -0.2) is 31.6 Å². The average molecular weight is 205 g/mol. The van der Waals surface area contributed by atoms with Gasteiger partial charge in [-0.25, -0.2) is 0 Å². The maximum atomic E-state index is 10.7. The highest BCUT2D eigenvalue weighted by Gasteiger charge is 2.03. The van der Waals surface area contributed by atoms with E-state index < -0.39 is 0 Å². The van der Waals surface area contributed by atoms with Crippen molar-refractivity contribution >= 4 is 18.0 Å². The molecular formula is C12H15NO2. The number of carbonyl (C=O) groups excluding carboxylic acids is 1. The summed E-state index contributed by atoms with van der Waals surface area (Å²) >= 11 is 0. The summed E-state index contributed by atoms with van der Waals surface area (Å²) in [5.41, 5.74) is 2.41. The van der Waals surface area contributed by atoms with Gasteiger partial charge in [0.2, 0.25) is 0 Å². The lowest BCUT2D eigenvalue weighted by Gasteiger charge is -2.18. The number of anilines is 1. The van der Waals surface area contributed by atoms with Crippen LogP contribution in [0.2, 0.25) is 0 Å². The lowest BCUT2D eigenvalue weighted by Crippen LogP contribution is -2.21. The molecule has 0 radical (unpaired) electrons. The highest BCUT2D eigenvalue weighted by Crippen LogP contribution is 2.18. The largest absolute Gasteiger partial charge is 0.395 e. The van der Waals surface area contributed by atoms with Gasteiger partial charge in [-0.15, -0.1) is 0 Å². The average Bonchev–Trinajstić information content (AvgIpc) is 2.28. The summed E-state index contributed by atoms with van der Waals surface area (Å²) in [6.07, 6.45) is 2.47. The van der Waals surface area contributed by atoms with Crippen LogP contribution in [0.4, 0.5) is 5.69 Å². The Bertz CT molecular complexity index is 361. The van der Waals surface area contributed by atoms with Crippen LogP contribution in [0.3, 0.4) is 0 Å². The Balaban J connectivity index is 3.02. The van der Waals surface area contributed by atoms with Crippen LogP contribution in [0.5, 0.6) is 0 Å². The number of aldehydes is 1. The summed E-state index contributed by atoms with van der Waals surface area (Å²) < 4.78 is 0. The van der Waals surface area contributed by atoms with Gasteiger partial charge in [0.1, 0.15) is 0 Å². The molecule has 0 saturated heterocycles. The van der Waals surface area contributed by atoms with Gasteiger partial charge in [-0.05, 0) is 23.8 Å². The minimum absolute atomic E-state index is 0.107. The molecule has 80 valence electrons. The van der Waals surface area contributed by atoms with Crippen LogP contribution in [0.25, 0.3) is 6.08 Å². The van der Waals surface area contributed by atoms with Crippen molar-refractivity contribution in [2.24, 2.45) is 0 Å². The second-order valence-corrected chi connectivity index (χ2v) is 3.28. The first kappa shape index (κ1) is 11.5. The summed E-state index contributed by atoms with van der Waals surface area (Å²) in [5.74, 6) is 0. The SMILES string of the molecule is C=Cc1cc(N(C)CCO)ccc1C=O. The van der Waals surface area contributed by atoms with E-state index >= 15 is 0 Å². The highest BCUT2D eigenvalue weighted by atomic mass is 16.3. The molecule has 0 aliphatic carbocycles. The second-order valence-electron chi connectivity index (χ2n) is 3.28. The molecule has 0 aliphatic rings. The molecule has 0 amide bonds. The first-order chi connectivity index (χ1) is 7.22. The van der Waals surface area contributed by atoms with E-state index in [4.69, 9.17) is 5.11 Å². The Morgan fingerprint density at radius 1 is 1.47 bits per heavy atom. The third-order valence-corrected chi connectivity index (χ3v) is 2.29.